The third kappa shape index (κ3) is 10.9. The van der Waals surface area contributed by atoms with E-state index in [0.29, 0.717) is 37.6 Å². The van der Waals surface area contributed by atoms with Crippen LogP contribution in [0.4, 0.5) is 8.78 Å². The number of nitrogens with zero attached hydrogens (tertiary/aromatic N) is 1. The van der Waals surface area contributed by atoms with E-state index in [1.54, 1.807) is 12.1 Å². The molecular weight excluding hydrogens is 469 g/mol. The van der Waals surface area contributed by atoms with E-state index in [2.05, 4.69) is 25.7 Å². The number of hydrogen-bond donors (Lipinski definition) is 3. The summed E-state index contributed by atoms with van der Waals surface area (Å²) in [7, 11) is 0. The molecule has 0 heterocycles. The molecule has 0 unspecified atom stereocenters. The van der Waals surface area contributed by atoms with Crippen molar-refractivity contribution in [1.82, 2.24) is 16.0 Å². The Balaban J connectivity index is 0.00000676. The van der Waals surface area contributed by atoms with Crippen LogP contribution in [0.1, 0.15) is 37.8 Å². The second-order valence-corrected chi connectivity index (χ2v) is 5.71. The monoisotopic (exact) mass is 498 g/mol. The van der Waals surface area contributed by atoms with Crippen molar-refractivity contribution in [2.24, 2.45) is 4.99 Å². The summed E-state index contributed by atoms with van der Waals surface area (Å²) in [6.45, 7) is 4.81. The largest absolute Gasteiger partial charge is 0.434 e. The summed E-state index contributed by atoms with van der Waals surface area (Å²) in [4.78, 5) is 16.0. The van der Waals surface area contributed by atoms with Crippen molar-refractivity contribution in [2.75, 3.05) is 19.6 Å². The Kier molecular flexibility index (Phi) is 13.5. The van der Waals surface area contributed by atoms with E-state index < -0.39 is 6.61 Å². The summed E-state index contributed by atoms with van der Waals surface area (Å²) in [6.07, 6.45) is 1.22. The molecule has 9 heteroatoms. The number of ether oxygens (including phenoxy) is 1. The summed E-state index contributed by atoms with van der Waals surface area (Å²) in [5.41, 5.74) is 1.51. The van der Waals surface area contributed by atoms with E-state index in [4.69, 9.17) is 0 Å². The van der Waals surface area contributed by atoms with Crippen molar-refractivity contribution in [3.05, 3.63) is 29.3 Å². The number of carbonyl (C=O) groups is 1. The molecule has 1 amide bonds. The smallest absolute Gasteiger partial charge is 0.387 e. The molecule has 0 aliphatic carbocycles. The van der Waals surface area contributed by atoms with Crippen LogP contribution in [0.25, 0.3) is 0 Å². The zero-order valence-electron chi connectivity index (χ0n) is 16.0. The lowest BCUT2D eigenvalue weighted by Gasteiger charge is -2.13. The first-order valence-corrected chi connectivity index (χ1v) is 8.79. The Hall–Kier alpha value is -1.65. The van der Waals surface area contributed by atoms with Crippen LogP contribution < -0.4 is 20.7 Å². The van der Waals surface area contributed by atoms with Gasteiger partial charge in [0.25, 0.3) is 0 Å². The Labute approximate surface area is 176 Å². The molecule has 0 saturated carbocycles. The fourth-order valence-electron chi connectivity index (χ4n) is 2.20. The standard InChI is InChI=1S/C18H28F2N4O2.HI/c1-4-9-22-16(25)8-10-23-18(21-5-2)24-12-14-11-13(3)6-7-15(14)26-17(19)20;/h6-7,11,17H,4-5,8-10,12H2,1-3H3,(H,22,25)(H2,21,23,24);1H. The molecule has 0 aromatic heterocycles. The van der Waals surface area contributed by atoms with Gasteiger partial charge in [0.1, 0.15) is 5.75 Å². The number of amides is 1. The molecule has 3 N–H and O–H groups in total. The van der Waals surface area contributed by atoms with Crippen molar-refractivity contribution in [2.45, 2.75) is 46.8 Å². The fraction of sp³-hybridized carbons (Fsp3) is 0.556. The molecule has 0 fully saturated rings. The van der Waals surface area contributed by atoms with Crippen molar-refractivity contribution >= 4 is 35.8 Å². The van der Waals surface area contributed by atoms with Crippen LogP contribution in [0.15, 0.2) is 23.2 Å². The molecular formula is C18H29F2IN4O2. The first-order valence-electron chi connectivity index (χ1n) is 8.79. The zero-order valence-corrected chi connectivity index (χ0v) is 18.3. The predicted octanol–water partition coefficient (Wildman–Crippen LogP) is 3.19. The van der Waals surface area contributed by atoms with Crippen LogP contribution in [0, 0.1) is 6.92 Å². The minimum atomic E-state index is -2.88. The average Bonchev–Trinajstić information content (AvgIpc) is 2.59. The maximum absolute atomic E-state index is 12.5. The lowest BCUT2D eigenvalue weighted by atomic mass is 10.1. The summed E-state index contributed by atoms with van der Waals surface area (Å²) in [5.74, 6) is 0.603. The minimum Gasteiger partial charge on any atom is -0.434 e. The van der Waals surface area contributed by atoms with Gasteiger partial charge in [-0.2, -0.15) is 8.78 Å². The average molecular weight is 498 g/mol. The van der Waals surface area contributed by atoms with Crippen LogP contribution in [-0.4, -0.2) is 38.1 Å². The van der Waals surface area contributed by atoms with Gasteiger partial charge < -0.3 is 20.7 Å². The predicted molar refractivity (Wildman–Crippen MR) is 114 cm³/mol. The third-order valence-corrected chi connectivity index (χ3v) is 3.40. The van der Waals surface area contributed by atoms with Crippen LogP contribution >= 0.6 is 24.0 Å². The number of nitrogens with one attached hydrogen (secondary N) is 3. The highest BCUT2D eigenvalue weighted by Gasteiger charge is 2.10. The molecule has 0 radical (unpaired) electrons. The summed E-state index contributed by atoms with van der Waals surface area (Å²) in [5, 5.41) is 8.93. The van der Waals surface area contributed by atoms with E-state index >= 15 is 0 Å². The van der Waals surface area contributed by atoms with E-state index in [-0.39, 0.29) is 42.2 Å². The van der Waals surface area contributed by atoms with Gasteiger partial charge in [-0.15, -0.1) is 24.0 Å². The minimum absolute atomic E-state index is 0. The molecule has 0 saturated heterocycles. The first kappa shape index (κ1) is 25.4. The first-order chi connectivity index (χ1) is 12.5. The van der Waals surface area contributed by atoms with Gasteiger partial charge in [0.05, 0.1) is 6.54 Å². The van der Waals surface area contributed by atoms with Gasteiger partial charge in [0.2, 0.25) is 5.91 Å². The zero-order chi connectivity index (χ0) is 19.4. The lowest BCUT2D eigenvalue weighted by molar-refractivity contribution is -0.120. The van der Waals surface area contributed by atoms with Gasteiger partial charge in [0, 0.05) is 31.6 Å². The van der Waals surface area contributed by atoms with Crippen molar-refractivity contribution in [3.8, 4) is 5.75 Å². The number of alkyl halides is 2. The summed E-state index contributed by atoms with van der Waals surface area (Å²) in [6, 6.07) is 5.00. The molecule has 0 spiro atoms. The van der Waals surface area contributed by atoms with E-state index in [9.17, 15) is 13.6 Å². The second-order valence-electron chi connectivity index (χ2n) is 5.71. The fourth-order valence-corrected chi connectivity index (χ4v) is 2.20. The highest BCUT2D eigenvalue weighted by Crippen LogP contribution is 2.22. The number of halogens is 3. The number of aliphatic imine (C=N–C) groups is 1. The maximum atomic E-state index is 12.5. The Bertz CT molecular complexity index is 601. The maximum Gasteiger partial charge on any atom is 0.387 e. The topological polar surface area (TPSA) is 74.8 Å². The van der Waals surface area contributed by atoms with Gasteiger partial charge in [-0.25, -0.2) is 4.99 Å². The van der Waals surface area contributed by atoms with Crippen molar-refractivity contribution in [1.29, 1.82) is 0 Å². The molecule has 0 aliphatic rings. The summed E-state index contributed by atoms with van der Waals surface area (Å²) < 4.78 is 29.6. The van der Waals surface area contributed by atoms with E-state index in [1.165, 1.54) is 6.07 Å². The SMILES string of the molecule is CCCNC(=O)CCNC(=NCc1cc(C)ccc1OC(F)F)NCC.I. The van der Waals surface area contributed by atoms with Gasteiger partial charge in [-0.05, 0) is 26.3 Å². The van der Waals surface area contributed by atoms with Crippen molar-refractivity contribution < 1.29 is 18.3 Å². The van der Waals surface area contributed by atoms with Crippen LogP contribution in [0.5, 0.6) is 5.75 Å². The van der Waals surface area contributed by atoms with Crippen molar-refractivity contribution in [3.63, 3.8) is 0 Å². The van der Waals surface area contributed by atoms with Gasteiger partial charge in [0.15, 0.2) is 5.96 Å². The second kappa shape index (κ2) is 14.4. The molecule has 0 atom stereocenters. The van der Waals surface area contributed by atoms with Gasteiger partial charge in [-0.1, -0.05) is 24.6 Å². The highest BCUT2D eigenvalue weighted by atomic mass is 127. The van der Waals surface area contributed by atoms with Gasteiger partial charge >= 0.3 is 6.61 Å². The Morgan fingerprint density at radius 3 is 2.56 bits per heavy atom. The quantitative estimate of drug-likeness (QED) is 0.263. The molecule has 154 valence electrons. The van der Waals surface area contributed by atoms with E-state index in [1.807, 2.05) is 20.8 Å². The number of rotatable bonds is 10. The number of benzene rings is 1. The highest BCUT2D eigenvalue weighted by molar-refractivity contribution is 14.0. The molecule has 0 bridgehead atoms. The number of guanidine groups is 1. The van der Waals surface area contributed by atoms with Crippen LogP contribution in [0.2, 0.25) is 0 Å². The number of aryl methyl sites for hydroxylation is 1. The third-order valence-electron chi connectivity index (χ3n) is 3.40. The lowest BCUT2D eigenvalue weighted by Crippen LogP contribution is -2.39. The number of hydrogen-bond acceptors (Lipinski definition) is 3. The molecule has 1 aromatic rings. The Morgan fingerprint density at radius 2 is 1.93 bits per heavy atom. The molecule has 1 aromatic carbocycles. The normalized spacial score (nSPS) is 11.0. The summed E-state index contributed by atoms with van der Waals surface area (Å²) >= 11 is 0. The molecule has 6 nitrogen and oxygen atoms in total. The molecule has 27 heavy (non-hydrogen) atoms. The molecule has 0 aliphatic heterocycles. The number of carbonyl (C=O) groups excluding carboxylic acids is 1. The van der Waals surface area contributed by atoms with Crippen LogP contribution in [0.3, 0.4) is 0 Å². The molecule has 1 rings (SSSR count). The van der Waals surface area contributed by atoms with Crippen LogP contribution in [-0.2, 0) is 11.3 Å². The van der Waals surface area contributed by atoms with E-state index in [0.717, 1.165) is 12.0 Å². The Morgan fingerprint density at radius 1 is 1.19 bits per heavy atom. The van der Waals surface area contributed by atoms with Gasteiger partial charge in [-0.3, -0.25) is 4.79 Å².